The van der Waals surface area contributed by atoms with Crippen LogP contribution in [0.4, 0.5) is 10.5 Å². The number of hydrogen-bond acceptors (Lipinski definition) is 5. The molecule has 0 radical (unpaired) electrons. The molecule has 2 rings (SSSR count). The van der Waals surface area contributed by atoms with Crippen molar-refractivity contribution < 1.29 is 19.2 Å². The highest BCUT2D eigenvalue weighted by Crippen LogP contribution is 2.20. The SMILES string of the molecule is O=C(Oc1ccc([N+](=O)[O-])cc1)N1CCC(OCCC=P)CC1. The first-order valence-electron chi connectivity index (χ1n) is 7.42. The van der Waals surface area contributed by atoms with Crippen molar-refractivity contribution in [1.29, 1.82) is 0 Å². The van der Waals surface area contributed by atoms with Crippen LogP contribution in [0.3, 0.4) is 0 Å². The Balaban J connectivity index is 1.78. The van der Waals surface area contributed by atoms with Crippen LogP contribution >= 0.6 is 8.86 Å². The zero-order valence-electron chi connectivity index (χ0n) is 12.6. The standard InChI is InChI=1S/C15H19N2O5P/c18-15(22-14-4-2-12(3-5-14)17(19)20)16-8-6-13(7-9-16)21-10-1-11-23/h2-5,11,13,23H,1,6-10H2. The summed E-state index contributed by atoms with van der Waals surface area (Å²) in [7, 11) is 3.28. The van der Waals surface area contributed by atoms with E-state index in [0.717, 1.165) is 19.3 Å². The van der Waals surface area contributed by atoms with Crippen LogP contribution in [0.15, 0.2) is 24.3 Å². The van der Waals surface area contributed by atoms with Gasteiger partial charge in [0.25, 0.3) is 5.69 Å². The summed E-state index contributed by atoms with van der Waals surface area (Å²) in [6.45, 7) is 1.82. The van der Waals surface area contributed by atoms with Gasteiger partial charge in [-0.1, -0.05) is 5.80 Å². The van der Waals surface area contributed by atoms with Crippen LogP contribution in [-0.2, 0) is 4.74 Å². The number of non-ortho nitro benzene ring substituents is 1. The van der Waals surface area contributed by atoms with Gasteiger partial charge in [0.2, 0.25) is 0 Å². The Morgan fingerprint density at radius 3 is 2.57 bits per heavy atom. The number of likely N-dealkylation sites (tertiary alicyclic amines) is 1. The first-order chi connectivity index (χ1) is 11.1. The highest BCUT2D eigenvalue weighted by molar-refractivity contribution is 7.18. The van der Waals surface area contributed by atoms with Crippen molar-refractivity contribution in [2.24, 2.45) is 0 Å². The number of nitro benzene ring substituents is 1. The maximum absolute atomic E-state index is 12.1. The predicted octanol–water partition coefficient (Wildman–Crippen LogP) is 2.91. The Hall–Kier alpha value is -1.98. The van der Waals surface area contributed by atoms with Gasteiger partial charge in [0.15, 0.2) is 0 Å². The Morgan fingerprint density at radius 2 is 2.00 bits per heavy atom. The second kappa shape index (κ2) is 8.60. The Bertz CT molecular complexity index is 555. The van der Waals surface area contributed by atoms with E-state index in [1.165, 1.54) is 24.3 Å². The van der Waals surface area contributed by atoms with Crippen LogP contribution in [0.25, 0.3) is 0 Å². The molecule has 1 aromatic rings. The summed E-state index contributed by atoms with van der Waals surface area (Å²) >= 11 is 0. The van der Waals surface area contributed by atoms with Crippen molar-refractivity contribution in [3.8, 4) is 5.75 Å². The average molecular weight is 338 g/mol. The molecule has 0 N–H and O–H groups in total. The third-order valence-corrected chi connectivity index (χ3v) is 3.86. The van der Waals surface area contributed by atoms with Gasteiger partial charge in [-0.05, 0) is 31.4 Å². The molecule has 0 unspecified atom stereocenters. The smallest absolute Gasteiger partial charge is 0.410 e. The first kappa shape index (κ1) is 17.4. The molecule has 0 aliphatic carbocycles. The summed E-state index contributed by atoms with van der Waals surface area (Å²) in [6.07, 6.45) is 2.13. The molecule has 0 bridgehead atoms. The van der Waals surface area contributed by atoms with Crippen LogP contribution in [0, 0.1) is 10.1 Å². The van der Waals surface area contributed by atoms with E-state index < -0.39 is 11.0 Å². The number of nitrogens with zero attached hydrogens (tertiary/aromatic N) is 2. The number of piperidine rings is 1. The summed E-state index contributed by atoms with van der Waals surface area (Å²) in [5, 5.41) is 10.6. The zero-order valence-corrected chi connectivity index (χ0v) is 13.6. The lowest BCUT2D eigenvalue weighted by Crippen LogP contribution is -2.42. The van der Waals surface area contributed by atoms with Gasteiger partial charge < -0.3 is 14.4 Å². The van der Waals surface area contributed by atoms with Crippen molar-refractivity contribution >= 4 is 26.4 Å². The molecule has 7 nitrogen and oxygen atoms in total. The molecule has 1 aliphatic rings. The van der Waals surface area contributed by atoms with Crippen molar-refractivity contribution in [1.82, 2.24) is 4.90 Å². The van der Waals surface area contributed by atoms with Crippen LogP contribution < -0.4 is 4.74 Å². The molecular formula is C15H19N2O5P. The summed E-state index contributed by atoms with van der Waals surface area (Å²) in [5.74, 6) is 2.17. The summed E-state index contributed by atoms with van der Waals surface area (Å²) in [6, 6.07) is 5.46. The molecular weight excluding hydrogens is 319 g/mol. The minimum Gasteiger partial charge on any atom is -0.410 e. The minimum atomic E-state index is -0.496. The molecule has 0 spiro atoms. The number of nitro groups is 1. The highest BCUT2D eigenvalue weighted by Gasteiger charge is 2.24. The molecule has 124 valence electrons. The average Bonchev–Trinajstić information content (AvgIpc) is 2.56. The Labute approximate surface area is 136 Å². The predicted molar refractivity (Wildman–Crippen MR) is 88.7 cm³/mol. The van der Waals surface area contributed by atoms with E-state index >= 15 is 0 Å². The van der Waals surface area contributed by atoms with E-state index in [4.69, 9.17) is 9.47 Å². The molecule has 23 heavy (non-hydrogen) atoms. The molecule has 1 fully saturated rings. The Kier molecular flexibility index (Phi) is 6.50. The molecule has 1 saturated heterocycles. The monoisotopic (exact) mass is 338 g/mol. The second-order valence-corrected chi connectivity index (χ2v) is 5.58. The van der Waals surface area contributed by atoms with Gasteiger partial charge in [0.1, 0.15) is 5.75 Å². The molecule has 0 atom stereocenters. The number of carbonyl (C=O) groups excluding carboxylic acids is 1. The normalized spacial score (nSPS) is 15.2. The molecule has 1 amide bonds. The van der Waals surface area contributed by atoms with E-state index in [-0.39, 0.29) is 11.8 Å². The summed E-state index contributed by atoms with van der Waals surface area (Å²) in [4.78, 5) is 23.8. The summed E-state index contributed by atoms with van der Waals surface area (Å²) in [5.41, 5.74) is -0.0386. The van der Waals surface area contributed by atoms with Crippen molar-refractivity contribution in [2.45, 2.75) is 25.4 Å². The lowest BCUT2D eigenvalue weighted by molar-refractivity contribution is -0.384. The van der Waals surface area contributed by atoms with Crippen LogP contribution in [0.5, 0.6) is 5.75 Å². The topological polar surface area (TPSA) is 81.9 Å². The van der Waals surface area contributed by atoms with Crippen LogP contribution in [-0.4, -0.2) is 47.5 Å². The maximum atomic E-state index is 12.1. The van der Waals surface area contributed by atoms with Crippen molar-refractivity contribution in [2.75, 3.05) is 19.7 Å². The molecule has 8 heteroatoms. The number of carbonyl (C=O) groups is 1. The number of amides is 1. The Morgan fingerprint density at radius 1 is 1.35 bits per heavy atom. The summed E-state index contributed by atoms with van der Waals surface area (Å²) < 4.78 is 10.9. The molecule has 1 aliphatic heterocycles. The fourth-order valence-electron chi connectivity index (χ4n) is 2.30. The third-order valence-electron chi connectivity index (χ3n) is 3.57. The van der Waals surface area contributed by atoms with E-state index in [0.29, 0.717) is 25.4 Å². The van der Waals surface area contributed by atoms with Gasteiger partial charge in [0.05, 0.1) is 17.6 Å². The third kappa shape index (κ3) is 5.30. The number of ether oxygens (including phenoxy) is 2. The quantitative estimate of drug-likeness (QED) is 0.345. The van der Waals surface area contributed by atoms with E-state index in [2.05, 4.69) is 8.86 Å². The lowest BCUT2D eigenvalue weighted by atomic mass is 10.1. The second-order valence-electron chi connectivity index (χ2n) is 5.17. The molecule has 0 aromatic heterocycles. The fraction of sp³-hybridized carbons (Fsp3) is 0.467. The van der Waals surface area contributed by atoms with Gasteiger partial charge in [-0.2, -0.15) is 0 Å². The molecule has 1 aromatic carbocycles. The van der Waals surface area contributed by atoms with Crippen LogP contribution in [0.1, 0.15) is 19.3 Å². The van der Waals surface area contributed by atoms with Gasteiger partial charge in [0, 0.05) is 25.2 Å². The van der Waals surface area contributed by atoms with Crippen LogP contribution in [0.2, 0.25) is 0 Å². The molecule has 1 heterocycles. The van der Waals surface area contributed by atoms with Gasteiger partial charge in [-0.15, -0.1) is 8.86 Å². The van der Waals surface area contributed by atoms with E-state index in [1.54, 1.807) is 4.90 Å². The molecule has 0 saturated carbocycles. The van der Waals surface area contributed by atoms with Crippen molar-refractivity contribution in [3.63, 3.8) is 0 Å². The van der Waals surface area contributed by atoms with E-state index in [9.17, 15) is 14.9 Å². The minimum absolute atomic E-state index is 0.0386. The number of benzene rings is 1. The van der Waals surface area contributed by atoms with E-state index in [1.807, 2.05) is 5.80 Å². The number of rotatable bonds is 6. The van der Waals surface area contributed by atoms with Gasteiger partial charge in [-0.3, -0.25) is 10.1 Å². The number of hydrogen-bond donors (Lipinski definition) is 0. The maximum Gasteiger partial charge on any atom is 0.415 e. The first-order valence-corrected chi connectivity index (χ1v) is 7.99. The highest BCUT2D eigenvalue weighted by atomic mass is 31.0. The lowest BCUT2D eigenvalue weighted by Gasteiger charge is -2.31. The zero-order chi connectivity index (χ0) is 16.7. The van der Waals surface area contributed by atoms with Gasteiger partial charge in [-0.25, -0.2) is 4.79 Å². The van der Waals surface area contributed by atoms with Crippen molar-refractivity contribution in [3.05, 3.63) is 34.4 Å². The fourth-order valence-corrected chi connectivity index (χ4v) is 2.42. The largest absolute Gasteiger partial charge is 0.415 e. The van der Waals surface area contributed by atoms with Gasteiger partial charge >= 0.3 is 6.09 Å².